The Bertz CT molecular complexity index is 1010. The van der Waals surface area contributed by atoms with Gasteiger partial charge in [0.15, 0.2) is 0 Å². The summed E-state index contributed by atoms with van der Waals surface area (Å²) in [4.78, 5) is 2.26. The third kappa shape index (κ3) is 3.78. The molecule has 0 unspecified atom stereocenters. The number of aliphatic hydroxyl groups excluding tert-OH is 1. The maximum Gasteiger partial charge on any atom is 0.132 e. The van der Waals surface area contributed by atoms with Crippen molar-refractivity contribution in [3.05, 3.63) is 83.8 Å². The molecule has 0 bridgehead atoms. The predicted molar refractivity (Wildman–Crippen MR) is 114 cm³/mol. The maximum atomic E-state index is 13.6. The Kier molecular flexibility index (Phi) is 5.37. The molecule has 1 fully saturated rings. The monoisotopic (exact) mass is 421 g/mol. The molecule has 160 valence electrons. The lowest BCUT2D eigenvalue weighted by molar-refractivity contribution is -0.117. The zero-order valence-electron chi connectivity index (χ0n) is 17.0. The van der Waals surface area contributed by atoms with Gasteiger partial charge in [-0.1, -0.05) is 0 Å². The summed E-state index contributed by atoms with van der Waals surface area (Å²) < 4.78 is 13.6. The van der Waals surface area contributed by atoms with Crippen LogP contribution in [0.5, 0.6) is 0 Å². The summed E-state index contributed by atoms with van der Waals surface area (Å²) in [6.45, 7) is 4.31. The van der Waals surface area contributed by atoms with Gasteiger partial charge in [0.25, 0.3) is 0 Å². The fourth-order valence-corrected chi connectivity index (χ4v) is 4.12. The van der Waals surface area contributed by atoms with Crippen molar-refractivity contribution in [3.63, 3.8) is 0 Å². The summed E-state index contributed by atoms with van der Waals surface area (Å²) in [6, 6.07) is 8.41. The molecule has 31 heavy (non-hydrogen) atoms. The number of halogens is 1. The minimum absolute atomic E-state index is 0.176. The van der Waals surface area contributed by atoms with Crippen molar-refractivity contribution in [2.24, 2.45) is 0 Å². The van der Waals surface area contributed by atoms with Gasteiger partial charge in [-0.2, -0.15) is 15.2 Å². The number of rotatable bonds is 5. The molecule has 9 heteroatoms. The molecule has 2 aromatic rings. The molecule has 0 saturated carbocycles. The molecule has 0 radical (unpaired) electrons. The number of piperazine rings is 1. The van der Waals surface area contributed by atoms with Gasteiger partial charge in [0.2, 0.25) is 0 Å². The minimum Gasteiger partial charge on any atom is -0.395 e. The summed E-state index contributed by atoms with van der Waals surface area (Å²) in [5.74, 6) is 0.641. The van der Waals surface area contributed by atoms with E-state index >= 15 is 0 Å². The Morgan fingerprint density at radius 3 is 2.52 bits per heavy atom. The van der Waals surface area contributed by atoms with Gasteiger partial charge in [0, 0.05) is 50.1 Å². The van der Waals surface area contributed by atoms with Crippen molar-refractivity contribution in [2.45, 2.75) is 0 Å². The average Bonchev–Trinajstić information content (AvgIpc) is 3.21. The Hall–Kier alpha value is -3.27. The van der Waals surface area contributed by atoms with Gasteiger partial charge in [0.1, 0.15) is 11.6 Å². The first-order valence-electron chi connectivity index (χ1n) is 10.3. The Labute approximate surface area is 180 Å². The fraction of sp³-hybridized carbons (Fsp3) is 0.273. The van der Waals surface area contributed by atoms with E-state index in [2.05, 4.69) is 35.5 Å². The fourth-order valence-electron chi connectivity index (χ4n) is 4.12. The SMILES string of the molecule is OCCN1CCN(N2C=CC=C3NC(c4ccc(F)cc4)=C(c4ccnnc4)N32)CC1. The van der Waals surface area contributed by atoms with Gasteiger partial charge in [-0.3, -0.25) is 4.90 Å². The molecule has 3 aliphatic rings. The normalized spacial score (nSPS) is 19.5. The molecular weight excluding hydrogens is 397 g/mol. The zero-order valence-corrected chi connectivity index (χ0v) is 17.0. The Balaban J connectivity index is 1.52. The molecule has 0 spiro atoms. The van der Waals surface area contributed by atoms with Crippen molar-refractivity contribution in [1.29, 1.82) is 0 Å². The van der Waals surface area contributed by atoms with E-state index < -0.39 is 0 Å². The first-order chi connectivity index (χ1) is 15.2. The van der Waals surface area contributed by atoms with Crippen LogP contribution in [0.15, 0.2) is 66.9 Å². The number of aliphatic hydroxyl groups is 1. The number of hydrogen-bond acceptors (Lipinski definition) is 8. The number of allylic oxidation sites excluding steroid dienone is 2. The van der Waals surface area contributed by atoms with Crippen LogP contribution in [0.25, 0.3) is 11.4 Å². The molecule has 3 aliphatic heterocycles. The van der Waals surface area contributed by atoms with Gasteiger partial charge in [-0.05, 0) is 42.5 Å². The number of hydrazine groups is 2. The van der Waals surface area contributed by atoms with E-state index in [1.54, 1.807) is 24.5 Å². The van der Waals surface area contributed by atoms with E-state index in [1.807, 2.05) is 24.4 Å². The number of benzene rings is 1. The lowest BCUT2D eigenvalue weighted by atomic mass is 10.1. The van der Waals surface area contributed by atoms with Gasteiger partial charge in [0.05, 0.1) is 30.4 Å². The molecule has 1 aromatic carbocycles. The summed E-state index contributed by atoms with van der Waals surface area (Å²) in [5, 5.41) is 27.3. The number of hydrogen-bond donors (Lipinski definition) is 2. The average molecular weight is 421 g/mol. The van der Waals surface area contributed by atoms with Crippen molar-refractivity contribution < 1.29 is 9.50 Å². The molecular formula is C22H24FN7O. The van der Waals surface area contributed by atoms with Crippen LogP contribution in [-0.4, -0.2) is 74.7 Å². The first-order valence-corrected chi connectivity index (χ1v) is 10.3. The number of nitrogens with one attached hydrogen (secondary N) is 1. The van der Waals surface area contributed by atoms with E-state index in [4.69, 9.17) is 0 Å². The smallest absolute Gasteiger partial charge is 0.132 e. The summed E-state index contributed by atoms with van der Waals surface area (Å²) in [7, 11) is 0. The van der Waals surface area contributed by atoms with Crippen molar-refractivity contribution in [2.75, 3.05) is 39.3 Å². The first kappa shape index (κ1) is 19.7. The molecule has 0 atom stereocenters. The van der Waals surface area contributed by atoms with Gasteiger partial charge in [-0.15, -0.1) is 0 Å². The molecule has 1 saturated heterocycles. The number of nitrogens with zero attached hydrogens (tertiary/aromatic N) is 6. The van der Waals surface area contributed by atoms with E-state index in [0.29, 0.717) is 6.54 Å². The van der Waals surface area contributed by atoms with Crippen LogP contribution in [0.3, 0.4) is 0 Å². The molecule has 1 aromatic heterocycles. The molecule has 2 N–H and O–H groups in total. The molecule has 4 heterocycles. The molecule has 0 aliphatic carbocycles. The van der Waals surface area contributed by atoms with Crippen LogP contribution in [0, 0.1) is 5.82 Å². The quantitative estimate of drug-likeness (QED) is 0.752. The Morgan fingerprint density at radius 1 is 1.00 bits per heavy atom. The molecule has 5 rings (SSSR count). The summed E-state index contributed by atoms with van der Waals surface area (Å²) >= 11 is 0. The van der Waals surface area contributed by atoms with Crippen LogP contribution >= 0.6 is 0 Å². The van der Waals surface area contributed by atoms with Crippen molar-refractivity contribution >= 4 is 11.4 Å². The van der Waals surface area contributed by atoms with E-state index in [0.717, 1.165) is 54.5 Å². The number of β-amino-alcohol motifs (C(OH)–C–C–N with tert-alkyl or cyclic N) is 1. The highest BCUT2D eigenvalue weighted by atomic mass is 19.1. The second-order valence-electron chi connectivity index (χ2n) is 7.53. The van der Waals surface area contributed by atoms with E-state index in [9.17, 15) is 9.50 Å². The number of aromatic nitrogens is 2. The lowest BCUT2D eigenvalue weighted by Crippen LogP contribution is -2.57. The number of fused-ring (bicyclic) bond motifs is 1. The molecule has 8 nitrogen and oxygen atoms in total. The largest absolute Gasteiger partial charge is 0.395 e. The zero-order chi connectivity index (χ0) is 21.2. The standard InChI is InChI=1S/C22H24FN7O/c23-19-5-3-17(4-6-19)21-22(18-7-8-24-25-16-18)30-20(26-21)2-1-9-29(30)28-12-10-27(11-13-28)14-15-31/h1-9,16,26,31H,10-15H2. The van der Waals surface area contributed by atoms with E-state index in [1.165, 1.54) is 12.1 Å². The Morgan fingerprint density at radius 2 is 1.81 bits per heavy atom. The van der Waals surface area contributed by atoms with Crippen LogP contribution in [-0.2, 0) is 0 Å². The summed E-state index contributed by atoms with van der Waals surface area (Å²) in [6.07, 6.45) is 9.47. The maximum absolute atomic E-state index is 13.6. The lowest BCUT2D eigenvalue weighted by Gasteiger charge is -2.46. The second kappa shape index (κ2) is 8.46. The van der Waals surface area contributed by atoms with Crippen molar-refractivity contribution in [3.8, 4) is 0 Å². The van der Waals surface area contributed by atoms with E-state index in [-0.39, 0.29) is 12.4 Å². The molecule has 0 amide bonds. The second-order valence-corrected chi connectivity index (χ2v) is 7.53. The highest BCUT2D eigenvalue weighted by Crippen LogP contribution is 2.39. The third-order valence-electron chi connectivity index (χ3n) is 5.65. The van der Waals surface area contributed by atoms with Crippen LogP contribution < -0.4 is 5.32 Å². The van der Waals surface area contributed by atoms with Gasteiger partial charge in [-0.25, -0.2) is 14.5 Å². The minimum atomic E-state index is -0.268. The van der Waals surface area contributed by atoms with Crippen LogP contribution in [0.2, 0.25) is 0 Å². The van der Waals surface area contributed by atoms with Crippen molar-refractivity contribution in [1.82, 2.24) is 35.5 Å². The summed E-state index contributed by atoms with van der Waals surface area (Å²) in [5.41, 5.74) is 3.60. The highest BCUT2D eigenvalue weighted by Gasteiger charge is 2.36. The predicted octanol–water partition coefficient (Wildman–Crippen LogP) is 1.46. The highest BCUT2D eigenvalue weighted by molar-refractivity contribution is 5.92. The topological polar surface area (TPSA) is 71.0 Å². The van der Waals surface area contributed by atoms with Gasteiger partial charge >= 0.3 is 0 Å². The third-order valence-corrected chi connectivity index (χ3v) is 5.65. The van der Waals surface area contributed by atoms with Gasteiger partial charge < -0.3 is 10.4 Å². The van der Waals surface area contributed by atoms with Crippen LogP contribution in [0.4, 0.5) is 4.39 Å². The van der Waals surface area contributed by atoms with Crippen LogP contribution in [0.1, 0.15) is 11.1 Å².